The van der Waals surface area contributed by atoms with Gasteiger partial charge in [-0.1, -0.05) is 6.92 Å². The van der Waals surface area contributed by atoms with Gasteiger partial charge in [0.05, 0.1) is 25.1 Å². The first-order chi connectivity index (χ1) is 8.81. The number of aromatic nitrogens is 1. The van der Waals surface area contributed by atoms with E-state index in [1.54, 1.807) is 12.3 Å². The molecule has 0 aliphatic carbocycles. The smallest absolute Gasteiger partial charge is 0.164 e. The van der Waals surface area contributed by atoms with Gasteiger partial charge in [-0.15, -0.1) is 0 Å². The molecular formula is C13H20FN3O. The Hall–Kier alpha value is -1.20. The molecular weight excluding hydrogens is 233 g/mol. The topological polar surface area (TPSA) is 37.4 Å². The lowest BCUT2D eigenvalue weighted by molar-refractivity contribution is 0.0184. The van der Waals surface area contributed by atoms with Gasteiger partial charge in [-0.2, -0.15) is 0 Å². The van der Waals surface area contributed by atoms with Gasteiger partial charge < -0.3 is 10.1 Å². The number of ether oxygens (including phenoxy) is 1. The van der Waals surface area contributed by atoms with E-state index in [2.05, 4.69) is 22.1 Å². The molecule has 2 rings (SSSR count). The number of halogens is 1. The molecule has 0 saturated carbocycles. The van der Waals surface area contributed by atoms with Crippen LogP contribution >= 0.6 is 0 Å². The maximum absolute atomic E-state index is 13.4. The highest BCUT2D eigenvalue weighted by molar-refractivity contribution is 5.42. The van der Waals surface area contributed by atoms with Crippen LogP contribution in [-0.4, -0.2) is 48.8 Å². The van der Waals surface area contributed by atoms with Crippen molar-refractivity contribution in [1.82, 2.24) is 9.88 Å². The lowest BCUT2D eigenvalue weighted by atomic mass is 10.1. The zero-order chi connectivity index (χ0) is 12.8. The number of nitrogens with zero attached hydrogens (tertiary/aromatic N) is 2. The minimum Gasteiger partial charge on any atom is -0.381 e. The summed E-state index contributed by atoms with van der Waals surface area (Å²) in [6, 6.07) is 2.09. The predicted molar refractivity (Wildman–Crippen MR) is 69.2 cm³/mol. The average Bonchev–Trinajstić information content (AvgIpc) is 2.42. The third kappa shape index (κ3) is 3.40. The Bertz CT molecular complexity index is 369. The summed E-state index contributed by atoms with van der Waals surface area (Å²) < 4.78 is 18.8. The van der Waals surface area contributed by atoms with Gasteiger partial charge in [0.25, 0.3) is 0 Å². The Morgan fingerprint density at radius 2 is 2.28 bits per heavy atom. The summed E-state index contributed by atoms with van der Waals surface area (Å²) in [7, 11) is 0. The third-order valence-corrected chi connectivity index (χ3v) is 3.33. The van der Waals surface area contributed by atoms with Gasteiger partial charge in [-0.05, 0) is 12.5 Å². The van der Waals surface area contributed by atoms with Crippen LogP contribution in [0.15, 0.2) is 18.5 Å². The van der Waals surface area contributed by atoms with Crippen LogP contribution in [0.5, 0.6) is 0 Å². The first-order valence-corrected chi connectivity index (χ1v) is 6.46. The maximum atomic E-state index is 13.4. The van der Waals surface area contributed by atoms with Crippen LogP contribution in [0.25, 0.3) is 0 Å². The fourth-order valence-electron chi connectivity index (χ4n) is 2.22. The molecule has 1 aliphatic heterocycles. The van der Waals surface area contributed by atoms with Gasteiger partial charge >= 0.3 is 0 Å². The van der Waals surface area contributed by atoms with Crippen molar-refractivity contribution in [2.24, 2.45) is 0 Å². The van der Waals surface area contributed by atoms with Gasteiger partial charge in [0.2, 0.25) is 0 Å². The third-order valence-electron chi connectivity index (χ3n) is 3.33. The van der Waals surface area contributed by atoms with Crippen LogP contribution < -0.4 is 5.32 Å². The fourth-order valence-corrected chi connectivity index (χ4v) is 2.22. The number of nitrogens with one attached hydrogen (secondary N) is 1. The zero-order valence-electron chi connectivity index (χ0n) is 10.7. The summed E-state index contributed by atoms with van der Waals surface area (Å²) in [6.07, 6.45) is 3.87. The lowest BCUT2D eigenvalue weighted by Crippen LogP contribution is -2.46. The zero-order valence-corrected chi connectivity index (χ0v) is 10.7. The molecule has 1 unspecified atom stereocenters. The van der Waals surface area contributed by atoms with Crippen molar-refractivity contribution in [3.05, 3.63) is 24.3 Å². The standard InChI is InChI=1S/C13H20FN3O/c1-2-11(17-5-7-18-8-6-17)9-16-13-3-4-15-10-12(13)14/h3-4,10-11H,2,5-9H2,1H3,(H,15,16). The summed E-state index contributed by atoms with van der Waals surface area (Å²) >= 11 is 0. The summed E-state index contributed by atoms with van der Waals surface area (Å²) in [5, 5.41) is 3.16. The molecule has 0 amide bonds. The van der Waals surface area contributed by atoms with Gasteiger partial charge in [0.1, 0.15) is 0 Å². The highest BCUT2D eigenvalue weighted by atomic mass is 19.1. The minimum absolute atomic E-state index is 0.297. The summed E-state index contributed by atoms with van der Waals surface area (Å²) in [4.78, 5) is 6.14. The molecule has 0 bridgehead atoms. The molecule has 1 aliphatic rings. The van der Waals surface area contributed by atoms with Crippen molar-refractivity contribution in [3.63, 3.8) is 0 Å². The van der Waals surface area contributed by atoms with Crippen LogP contribution in [0.4, 0.5) is 10.1 Å². The van der Waals surface area contributed by atoms with Crippen molar-refractivity contribution in [3.8, 4) is 0 Å². The van der Waals surface area contributed by atoms with Crippen molar-refractivity contribution in [2.45, 2.75) is 19.4 Å². The second kappa shape index (κ2) is 6.66. The van der Waals surface area contributed by atoms with E-state index in [1.165, 1.54) is 6.20 Å². The Labute approximate surface area is 107 Å². The normalized spacial score (nSPS) is 18.6. The molecule has 100 valence electrons. The fraction of sp³-hybridized carbons (Fsp3) is 0.615. The number of morpholine rings is 1. The Kier molecular flexibility index (Phi) is 4.90. The van der Waals surface area contributed by atoms with E-state index in [1.807, 2.05) is 0 Å². The second-order valence-corrected chi connectivity index (χ2v) is 4.45. The first kappa shape index (κ1) is 13.2. The number of pyridine rings is 1. The largest absolute Gasteiger partial charge is 0.381 e. The van der Waals surface area contributed by atoms with E-state index in [4.69, 9.17) is 4.74 Å². The molecule has 1 N–H and O–H groups in total. The van der Waals surface area contributed by atoms with Crippen LogP contribution in [0, 0.1) is 5.82 Å². The Balaban J connectivity index is 1.88. The SMILES string of the molecule is CCC(CNc1ccncc1F)N1CCOCC1. The van der Waals surface area contributed by atoms with E-state index in [9.17, 15) is 4.39 Å². The number of rotatable bonds is 5. The molecule has 1 aromatic heterocycles. The molecule has 5 heteroatoms. The van der Waals surface area contributed by atoms with Gasteiger partial charge in [-0.3, -0.25) is 9.88 Å². The van der Waals surface area contributed by atoms with E-state index >= 15 is 0 Å². The average molecular weight is 253 g/mol. The first-order valence-electron chi connectivity index (χ1n) is 6.46. The minimum atomic E-state index is -0.297. The summed E-state index contributed by atoms with van der Waals surface area (Å²) in [5.41, 5.74) is 0.525. The molecule has 1 atom stereocenters. The number of hydrogen-bond donors (Lipinski definition) is 1. The molecule has 1 saturated heterocycles. The summed E-state index contributed by atoms with van der Waals surface area (Å²) in [5.74, 6) is -0.297. The van der Waals surface area contributed by atoms with Crippen LogP contribution in [0.2, 0.25) is 0 Å². The number of anilines is 1. The Morgan fingerprint density at radius 3 is 2.94 bits per heavy atom. The molecule has 2 heterocycles. The van der Waals surface area contributed by atoms with Gasteiger partial charge in [0, 0.05) is 31.9 Å². The van der Waals surface area contributed by atoms with Crippen LogP contribution in [0.1, 0.15) is 13.3 Å². The molecule has 4 nitrogen and oxygen atoms in total. The molecule has 18 heavy (non-hydrogen) atoms. The molecule has 0 radical (unpaired) electrons. The van der Waals surface area contributed by atoms with Crippen molar-refractivity contribution in [1.29, 1.82) is 0 Å². The quantitative estimate of drug-likeness (QED) is 0.867. The molecule has 1 aromatic rings. The van der Waals surface area contributed by atoms with Crippen molar-refractivity contribution >= 4 is 5.69 Å². The van der Waals surface area contributed by atoms with Crippen LogP contribution in [-0.2, 0) is 4.74 Å². The molecule has 1 fully saturated rings. The second-order valence-electron chi connectivity index (χ2n) is 4.45. The maximum Gasteiger partial charge on any atom is 0.164 e. The number of hydrogen-bond acceptors (Lipinski definition) is 4. The summed E-state index contributed by atoms with van der Waals surface area (Å²) in [6.45, 7) is 6.40. The van der Waals surface area contributed by atoms with Crippen molar-refractivity contribution < 1.29 is 9.13 Å². The van der Waals surface area contributed by atoms with E-state index in [0.717, 1.165) is 39.3 Å². The lowest BCUT2D eigenvalue weighted by Gasteiger charge is -2.34. The molecule has 0 aromatic carbocycles. The monoisotopic (exact) mass is 253 g/mol. The van der Waals surface area contributed by atoms with E-state index < -0.39 is 0 Å². The predicted octanol–water partition coefficient (Wildman–Crippen LogP) is 1.74. The van der Waals surface area contributed by atoms with Crippen LogP contribution in [0.3, 0.4) is 0 Å². The highest BCUT2D eigenvalue weighted by Gasteiger charge is 2.19. The van der Waals surface area contributed by atoms with Crippen molar-refractivity contribution in [2.75, 3.05) is 38.2 Å². The van der Waals surface area contributed by atoms with E-state index in [-0.39, 0.29) is 5.82 Å². The Morgan fingerprint density at radius 1 is 1.50 bits per heavy atom. The highest BCUT2D eigenvalue weighted by Crippen LogP contribution is 2.13. The van der Waals surface area contributed by atoms with Gasteiger partial charge in [-0.25, -0.2) is 4.39 Å². The molecule has 0 spiro atoms. The van der Waals surface area contributed by atoms with Gasteiger partial charge in [0.15, 0.2) is 5.82 Å². The van der Waals surface area contributed by atoms with E-state index in [0.29, 0.717) is 11.7 Å².